The zero-order valence-corrected chi connectivity index (χ0v) is 13.4. The monoisotopic (exact) mass is 287 g/mol. The maximum absolute atomic E-state index is 12.5. The predicted molar refractivity (Wildman–Crippen MR) is 85.1 cm³/mol. The highest BCUT2D eigenvalue weighted by atomic mass is 16.3. The standard InChI is InChI=1S/C16H21N3O2/c1-9-7-10(2)12(11(3)8-9)13-14(20)15(18(4)5)17-19(6)16(13)21/h7-8,20H,1-6H3. The summed E-state index contributed by atoms with van der Waals surface area (Å²) in [5.74, 6) is 0.310. The van der Waals surface area contributed by atoms with Crippen LogP contribution in [-0.4, -0.2) is 29.0 Å². The van der Waals surface area contributed by atoms with Gasteiger partial charge in [-0.05, 0) is 37.5 Å². The van der Waals surface area contributed by atoms with Gasteiger partial charge in [-0.3, -0.25) is 4.79 Å². The van der Waals surface area contributed by atoms with Gasteiger partial charge in [0.2, 0.25) is 0 Å². The van der Waals surface area contributed by atoms with Gasteiger partial charge in [0, 0.05) is 21.1 Å². The first-order valence-electron chi connectivity index (χ1n) is 6.79. The fourth-order valence-electron chi connectivity index (χ4n) is 2.71. The van der Waals surface area contributed by atoms with Crippen molar-refractivity contribution in [2.75, 3.05) is 19.0 Å². The van der Waals surface area contributed by atoms with Crippen LogP contribution in [0, 0.1) is 20.8 Å². The maximum Gasteiger partial charge on any atom is 0.278 e. The van der Waals surface area contributed by atoms with Gasteiger partial charge in [0.1, 0.15) is 0 Å². The number of anilines is 1. The highest BCUT2D eigenvalue weighted by molar-refractivity contribution is 5.79. The first-order valence-corrected chi connectivity index (χ1v) is 6.79. The molecule has 0 saturated heterocycles. The third-order valence-electron chi connectivity index (χ3n) is 3.55. The minimum atomic E-state index is -0.298. The quantitative estimate of drug-likeness (QED) is 0.919. The lowest BCUT2D eigenvalue weighted by Crippen LogP contribution is -2.25. The number of nitrogens with zero attached hydrogens (tertiary/aromatic N) is 3. The zero-order valence-electron chi connectivity index (χ0n) is 13.4. The number of hydrogen-bond donors (Lipinski definition) is 1. The molecule has 0 bridgehead atoms. The number of aromatic nitrogens is 2. The number of benzene rings is 1. The Bertz CT molecular complexity index is 738. The molecule has 0 radical (unpaired) electrons. The summed E-state index contributed by atoms with van der Waals surface area (Å²) < 4.78 is 1.27. The maximum atomic E-state index is 12.5. The Balaban J connectivity index is 2.91. The van der Waals surface area contributed by atoms with E-state index in [-0.39, 0.29) is 11.3 Å². The van der Waals surface area contributed by atoms with Crippen molar-refractivity contribution >= 4 is 5.82 Å². The van der Waals surface area contributed by atoms with Crippen molar-refractivity contribution in [2.24, 2.45) is 7.05 Å². The molecule has 0 amide bonds. The van der Waals surface area contributed by atoms with Gasteiger partial charge in [-0.1, -0.05) is 17.7 Å². The Morgan fingerprint density at radius 2 is 1.62 bits per heavy atom. The topological polar surface area (TPSA) is 58.4 Å². The summed E-state index contributed by atoms with van der Waals surface area (Å²) in [4.78, 5) is 14.2. The highest BCUT2D eigenvalue weighted by Crippen LogP contribution is 2.36. The summed E-state index contributed by atoms with van der Waals surface area (Å²) in [6, 6.07) is 4.02. The Labute approximate surface area is 124 Å². The van der Waals surface area contributed by atoms with Crippen LogP contribution in [0.25, 0.3) is 11.1 Å². The molecule has 0 aliphatic heterocycles. The van der Waals surface area contributed by atoms with E-state index < -0.39 is 0 Å². The second-order valence-corrected chi connectivity index (χ2v) is 5.64. The van der Waals surface area contributed by atoms with Crippen LogP contribution in [0.2, 0.25) is 0 Å². The lowest BCUT2D eigenvalue weighted by molar-refractivity contribution is 0.467. The highest BCUT2D eigenvalue weighted by Gasteiger charge is 2.21. The largest absolute Gasteiger partial charge is 0.504 e. The van der Waals surface area contributed by atoms with Gasteiger partial charge in [-0.25, -0.2) is 4.68 Å². The molecule has 0 atom stereocenters. The van der Waals surface area contributed by atoms with Crippen LogP contribution in [0.4, 0.5) is 5.82 Å². The summed E-state index contributed by atoms with van der Waals surface area (Å²) in [6.07, 6.45) is 0. The van der Waals surface area contributed by atoms with Gasteiger partial charge in [0.05, 0.1) is 5.56 Å². The molecule has 2 aromatic rings. The fourth-order valence-corrected chi connectivity index (χ4v) is 2.71. The average molecular weight is 287 g/mol. The molecule has 1 aromatic carbocycles. The smallest absolute Gasteiger partial charge is 0.278 e. The summed E-state index contributed by atoms with van der Waals surface area (Å²) in [5, 5.41) is 14.6. The minimum absolute atomic E-state index is 0.0712. The van der Waals surface area contributed by atoms with Gasteiger partial charge < -0.3 is 10.0 Å². The van der Waals surface area contributed by atoms with Crippen LogP contribution in [0.1, 0.15) is 16.7 Å². The van der Waals surface area contributed by atoms with Crippen molar-refractivity contribution in [1.29, 1.82) is 0 Å². The number of hydrogen-bond acceptors (Lipinski definition) is 4. The molecule has 21 heavy (non-hydrogen) atoms. The molecule has 5 heteroatoms. The molecule has 0 unspecified atom stereocenters. The third kappa shape index (κ3) is 2.51. The molecule has 0 aliphatic rings. The van der Waals surface area contributed by atoms with Gasteiger partial charge in [-0.2, -0.15) is 0 Å². The van der Waals surface area contributed by atoms with Gasteiger partial charge in [-0.15, -0.1) is 5.10 Å². The van der Waals surface area contributed by atoms with Crippen LogP contribution in [-0.2, 0) is 7.05 Å². The lowest BCUT2D eigenvalue weighted by Gasteiger charge is -2.18. The minimum Gasteiger partial charge on any atom is -0.504 e. The fraction of sp³-hybridized carbons (Fsp3) is 0.375. The van der Waals surface area contributed by atoms with Crippen LogP contribution >= 0.6 is 0 Å². The Kier molecular flexibility index (Phi) is 3.77. The molecule has 0 saturated carbocycles. The van der Waals surface area contributed by atoms with Gasteiger partial charge in [0.25, 0.3) is 5.56 Å². The molecule has 1 heterocycles. The van der Waals surface area contributed by atoms with Gasteiger partial charge >= 0.3 is 0 Å². The number of rotatable bonds is 2. The van der Waals surface area contributed by atoms with E-state index in [0.29, 0.717) is 11.4 Å². The van der Waals surface area contributed by atoms with Crippen molar-refractivity contribution in [1.82, 2.24) is 9.78 Å². The third-order valence-corrected chi connectivity index (χ3v) is 3.55. The van der Waals surface area contributed by atoms with Crippen molar-refractivity contribution in [3.05, 3.63) is 39.2 Å². The Morgan fingerprint density at radius 1 is 1.10 bits per heavy atom. The molecule has 1 aromatic heterocycles. The second-order valence-electron chi connectivity index (χ2n) is 5.64. The molecule has 1 N–H and O–H groups in total. The summed E-state index contributed by atoms with van der Waals surface area (Å²) >= 11 is 0. The normalized spacial score (nSPS) is 10.8. The predicted octanol–water partition coefficient (Wildman–Crippen LogP) is 2.14. The van der Waals surface area contributed by atoms with Crippen molar-refractivity contribution in [3.8, 4) is 16.9 Å². The average Bonchev–Trinajstić information content (AvgIpc) is 2.36. The summed E-state index contributed by atoms with van der Waals surface area (Å²) in [6.45, 7) is 5.91. The first-order chi connectivity index (χ1) is 9.73. The van der Waals surface area contributed by atoms with E-state index >= 15 is 0 Å². The van der Waals surface area contributed by atoms with E-state index in [2.05, 4.69) is 5.10 Å². The van der Waals surface area contributed by atoms with Crippen LogP contribution < -0.4 is 10.5 Å². The van der Waals surface area contributed by atoms with Crippen LogP contribution in [0.5, 0.6) is 5.75 Å². The Morgan fingerprint density at radius 3 is 2.10 bits per heavy atom. The second kappa shape index (κ2) is 5.24. The van der Waals surface area contributed by atoms with E-state index in [1.807, 2.05) is 32.9 Å². The molecule has 0 aliphatic carbocycles. The molecule has 0 fully saturated rings. The van der Waals surface area contributed by atoms with Crippen LogP contribution in [0.15, 0.2) is 16.9 Å². The lowest BCUT2D eigenvalue weighted by atomic mass is 9.94. The molecule has 112 valence electrons. The van der Waals surface area contributed by atoms with Crippen molar-refractivity contribution < 1.29 is 5.11 Å². The summed E-state index contributed by atoms with van der Waals surface area (Å²) in [7, 11) is 5.16. The van der Waals surface area contributed by atoms with Crippen molar-refractivity contribution in [3.63, 3.8) is 0 Å². The summed E-state index contributed by atoms with van der Waals surface area (Å²) in [5.41, 5.74) is 3.86. The molecule has 0 spiro atoms. The molecular weight excluding hydrogens is 266 g/mol. The SMILES string of the molecule is Cc1cc(C)c(-c2c(O)c(N(C)C)nn(C)c2=O)c(C)c1. The first kappa shape index (κ1) is 15.1. The number of aryl methyl sites for hydroxylation is 4. The van der Waals surface area contributed by atoms with E-state index in [0.717, 1.165) is 22.3 Å². The van der Waals surface area contributed by atoms with Gasteiger partial charge in [0.15, 0.2) is 11.6 Å². The number of aromatic hydroxyl groups is 1. The molecular formula is C16H21N3O2. The van der Waals surface area contributed by atoms with E-state index in [1.54, 1.807) is 26.0 Å². The molecule has 5 nitrogen and oxygen atoms in total. The van der Waals surface area contributed by atoms with E-state index in [9.17, 15) is 9.90 Å². The molecule has 2 rings (SSSR count). The van der Waals surface area contributed by atoms with Crippen LogP contribution in [0.3, 0.4) is 0 Å². The Hall–Kier alpha value is -2.30. The zero-order chi connectivity index (χ0) is 15.9. The van der Waals surface area contributed by atoms with Crippen molar-refractivity contribution in [2.45, 2.75) is 20.8 Å². The van der Waals surface area contributed by atoms with E-state index in [4.69, 9.17) is 0 Å². The van der Waals surface area contributed by atoms with E-state index in [1.165, 1.54) is 4.68 Å².